The van der Waals surface area contributed by atoms with Gasteiger partial charge in [0, 0.05) is 6.04 Å². The van der Waals surface area contributed by atoms with Crippen molar-refractivity contribution in [2.75, 3.05) is 19.6 Å². The van der Waals surface area contributed by atoms with Crippen molar-refractivity contribution in [3.05, 3.63) is 5.82 Å². The van der Waals surface area contributed by atoms with Gasteiger partial charge in [-0.05, 0) is 57.0 Å². The molecular weight excluding hydrogens is 240 g/mol. The largest absolute Gasteiger partial charge is 0.314 e. The summed E-state index contributed by atoms with van der Waals surface area (Å²) in [5, 5.41) is 15.8. The van der Waals surface area contributed by atoms with Crippen LogP contribution in [0.2, 0.25) is 0 Å². The Bertz CT molecular complexity index is 369. The average molecular weight is 266 g/mol. The van der Waals surface area contributed by atoms with E-state index >= 15 is 0 Å². The summed E-state index contributed by atoms with van der Waals surface area (Å²) < 4.78 is 0. The first-order chi connectivity index (χ1) is 9.19. The third-order valence-electron chi connectivity index (χ3n) is 3.97. The first-order valence-corrected chi connectivity index (χ1v) is 7.37. The first kappa shape index (κ1) is 14.4. The second-order valence-electron chi connectivity index (χ2n) is 5.55. The predicted octanol–water partition coefficient (Wildman–Crippen LogP) is 0.810. The molecule has 0 saturated carbocycles. The highest BCUT2D eigenvalue weighted by Crippen LogP contribution is 2.21. The maximum atomic E-state index is 4.24. The fourth-order valence-electron chi connectivity index (χ4n) is 2.74. The minimum absolute atomic E-state index is 0.636. The van der Waals surface area contributed by atoms with Gasteiger partial charge in [0.25, 0.3) is 0 Å². The van der Waals surface area contributed by atoms with Gasteiger partial charge in [0.2, 0.25) is 0 Å². The number of aryl methyl sites for hydroxylation is 1. The van der Waals surface area contributed by atoms with Crippen molar-refractivity contribution >= 4 is 0 Å². The van der Waals surface area contributed by atoms with E-state index < -0.39 is 0 Å². The first-order valence-electron chi connectivity index (χ1n) is 7.37. The van der Waals surface area contributed by atoms with E-state index in [1.807, 2.05) is 7.05 Å². The zero-order chi connectivity index (χ0) is 13.7. The molecule has 0 spiro atoms. The monoisotopic (exact) mass is 266 g/mol. The van der Waals surface area contributed by atoms with Gasteiger partial charge in [-0.15, -0.1) is 10.2 Å². The summed E-state index contributed by atoms with van der Waals surface area (Å²) in [4.78, 5) is 3.96. The Morgan fingerprint density at radius 3 is 2.68 bits per heavy atom. The minimum atomic E-state index is 0.636. The molecule has 0 aliphatic carbocycles. The van der Waals surface area contributed by atoms with Crippen LogP contribution in [-0.4, -0.2) is 50.8 Å². The number of likely N-dealkylation sites (tertiary alicyclic amines) is 1. The molecule has 1 saturated heterocycles. The lowest BCUT2D eigenvalue weighted by Gasteiger charge is -2.34. The third kappa shape index (κ3) is 4.24. The van der Waals surface area contributed by atoms with Crippen LogP contribution in [0.1, 0.15) is 38.9 Å². The molecular formula is C13H26N6. The molecule has 0 aromatic carbocycles. The maximum Gasteiger partial charge on any atom is 0.188 e. The van der Waals surface area contributed by atoms with Crippen LogP contribution >= 0.6 is 0 Å². The molecule has 2 rings (SSSR count). The Kier molecular flexibility index (Phi) is 5.27. The lowest BCUT2D eigenvalue weighted by Crippen LogP contribution is -2.42. The van der Waals surface area contributed by atoms with Crippen LogP contribution in [-0.2, 0) is 13.6 Å². The maximum absolute atomic E-state index is 4.24. The molecule has 6 heteroatoms. The smallest absolute Gasteiger partial charge is 0.188 e. The zero-order valence-corrected chi connectivity index (χ0v) is 12.3. The van der Waals surface area contributed by atoms with Crippen LogP contribution in [0.25, 0.3) is 0 Å². The van der Waals surface area contributed by atoms with Crippen molar-refractivity contribution in [3.63, 3.8) is 0 Å². The summed E-state index contributed by atoms with van der Waals surface area (Å²) in [7, 11) is 1.81. The Balaban J connectivity index is 1.73. The van der Waals surface area contributed by atoms with Crippen molar-refractivity contribution in [1.82, 2.24) is 30.4 Å². The molecule has 108 valence electrons. The SMILES string of the molecule is CCCNC(C)C1CCN(Cc2nnn(C)n2)CC1. The van der Waals surface area contributed by atoms with Gasteiger partial charge in [0.05, 0.1) is 13.6 Å². The number of tetrazole rings is 1. The number of nitrogens with zero attached hydrogens (tertiary/aromatic N) is 5. The number of hydrogen-bond donors (Lipinski definition) is 1. The van der Waals surface area contributed by atoms with E-state index in [0.29, 0.717) is 6.04 Å². The van der Waals surface area contributed by atoms with Gasteiger partial charge in [-0.2, -0.15) is 4.80 Å². The second-order valence-corrected chi connectivity index (χ2v) is 5.55. The van der Waals surface area contributed by atoms with E-state index in [1.54, 1.807) is 0 Å². The highest BCUT2D eigenvalue weighted by Gasteiger charge is 2.24. The summed E-state index contributed by atoms with van der Waals surface area (Å²) in [6.45, 7) is 8.78. The molecule has 0 radical (unpaired) electrons. The van der Waals surface area contributed by atoms with E-state index in [-0.39, 0.29) is 0 Å². The van der Waals surface area contributed by atoms with Crippen LogP contribution in [0.5, 0.6) is 0 Å². The van der Waals surface area contributed by atoms with E-state index in [1.165, 1.54) is 24.1 Å². The molecule has 0 bridgehead atoms. The molecule has 0 amide bonds. The van der Waals surface area contributed by atoms with Crippen LogP contribution in [0.4, 0.5) is 0 Å². The van der Waals surface area contributed by atoms with Gasteiger partial charge in [0.1, 0.15) is 0 Å². The average Bonchev–Trinajstić information content (AvgIpc) is 2.82. The fraction of sp³-hybridized carbons (Fsp3) is 0.923. The fourth-order valence-corrected chi connectivity index (χ4v) is 2.74. The molecule has 1 atom stereocenters. The summed E-state index contributed by atoms with van der Waals surface area (Å²) in [6, 6.07) is 0.636. The quantitative estimate of drug-likeness (QED) is 0.826. The van der Waals surface area contributed by atoms with Crippen molar-refractivity contribution < 1.29 is 0 Å². The second kappa shape index (κ2) is 6.96. The number of aromatic nitrogens is 4. The van der Waals surface area contributed by atoms with Crippen molar-refractivity contribution in [2.24, 2.45) is 13.0 Å². The molecule has 1 aromatic heterocycles. The summed E-state index contributed by atoms with van der Waals surface area (Å²) in [5.41, 5.74) is 0. The zero-order valence-electron chi connectivity index (χ0n) is 12.3. The number of nitrogens with one attached hydrogen (secondary N) is 1. The Labute approximate surface area is 115 Å². The summed E-state index contributed by atoms with van der Waals surface area (Å²) in [6.07, 6.45) is 3.73. The highest BCUT2D eigenvalue weighted by molar-refractivity contribution is 4.83. The van der Waals surface area contributed by atoms with Gasteiger partial charge < -0.3 is 5.32 Å². The van der Waals surface area contributed by atoms with Gasteiger partial charge >= 0.3 is 0 Å². The standard InChI is InChI=1S/C13H26N6/c1-4-7-14-11(2)12-5-8-19(9-6-12)10-13-15-17-18(3)16-13/h11-12,14H,4-10H2,1-3H3. The Morgan fingerprint density at radius 1 is 1.37 bits per heavy atom. The van der Waals surface area contributed by atoms with E-state index in [0.717, 1.165) is 37.9 Å². The van der Waals surface area contributed by atoms with E-state index in [9.17, 15) is 0 Å². The highest BCUT2D eigenvalue weighted by atomic mass is 15.6. The number of rotatable bonds is 6. The van der Waals surface area contributed by atoms with Crippen LogP contribution in [0.3, 0.4) is 0 Å². The molecule has 19 heavy (non-hydrogen) atoms. The summed E-state index contributed by atoms with van der Waals surface area (Å²) >= 11 is 0. The predicted molar refractivity (Wildman–Crippen MR) is 74.6 cm³/mol. The van der Waals surface area contributed by atoms with Crippen LogP contribution in [0, 0.1) is 5.92 Å². The van der Waals surface area contributed by atoms with Crippen LogP contribution < -0.4 is 5.32 Å². The molecule has 6 nitrogen and oxygen atoms in total. The van der Waals surface area contributed by atoms with Crippen molar-refractivity contribution in [2.45, 2.75) is 45.7 Å². The molecule has 1 aliphatic heterocycles. The van der Waals surface area contributed by atoms with Crippen LogP contribution in [0.15, 0.2) is 0 Å². The van der Waals surface area contributed by atoms with Gasteiger partial charge in [0.15, 0.2) is 5.82 Å². The molecule has 1 unspecified atom stereocenters. The molecule has 1 aliphatic rings. The summed E-state index contributed by atoms with van der Waals surface area (Å²) in [5.74, 6) is 1.63. The van der Waals surface area contributed by atoms with E-state index in [4.69, 9.17) is 0 Å². The number of piperidine rings is 1. The third-order valence-corrected chi connectivity index (χ3v) is 3.97. The van der Waals surface area contributed by atoms with Gasteiger partial charge in [-0.1, -0.05) is 6.92 Å². The van der Waals surface area contributed by atoms with Gasteiger partial charge in [-0.3, -0.25) is 4.90 Å². The van der Waals surface area contributed by atoms with Crippen molar-refractivity contribution in [1.29, 1.82) is 0 Å². The molecule has 1 aromatic rings. The lowest BCUT2D eigenvalue weighted by molar-refractivity contribution is 0.153. The molecule has 2 heterocycles. The van der Waals surface area contributed by atoms with Crippen molar-refractivity contribution in [3.8, 4) is 0 Å². The number of hydrogen-bond acceptors (Lipinski definition) is 5. The Hall–Kier alpha value is -1.01. The topological polar surface area (TPSA) is 58.9 Å². The molecule has 1 N–H and O–H groups in total. The molecule has 1 fully saturated rings. The Morgan fingerprint density at radius 2 is 2.11 bits per heavy atom. The lowest BCUT2D eigenvalue weighted by atomic mass is 9.90. The normalized spacial score (nSPS) is 19.7. The van der Waals surface area contributed by atoms with E-state index in [2.05, 4.69) is 39.5 Å². The minimum Gasteiger partial charge on any atom is -0.314 e. The van der Waals surface area contributed by atoms with Gasteiger partial charge in [-0.25, -0.2) is 0 Å².